The molecule has 0 spiro atoms. The van der Waals surface area contributed by atoms with E-state index in [1.165, 1.54) is 17.6 Å². The van der Waals surface area contributed by atoms with E-state index in [1.54, 1.807) is 0 Å². The Balaban J connectivity index is 1.92. The van der Waals surface area contributed by atoms with Crippen LogP contribution < -0.4 is 5.73 Å². The third-order valence-corrected chi connectivity index (χ3v) is 3.94. The highest BCUT2D eigenvalue weighted by Gasteiger charge is 2.33. The van der Waals surface area contributed by atoms with Crippen LogP contribution >= 0.6 is 0 Å². The van der Waals surface area contributed by atoms with Crippen LogP contribution in [-0.2, 0) is 20.7 Å². The number of methoxy groups -OCH3 is 1. The molecule has 0 bridgehead atoms. The third-order valence-electron chi connectivity index (χ3n) is 3.94. The quantitative estimate of drug-likeness (QED) is 0.794. The van der Waals surface area contributed by atoms with E-state index in [0.717, 1.165) is 19.5 Å². The van der Waals surface area contributed by atoms with E-state index in [2.05, 4.69) is 17.0 Å². The highest BCUT2D eigenvalue weighted by Crippen LogP contribution is 2.11. The summed E-state index contributed by atoms with van der Waals surface area (Å²) in [5.74, 6) is -0.650. The Labute approximate surface area is 130 Å². The predicted molar refractivity (Wildman–Crippen MR) is 83.2 cm³/mol. The van der Waals surface area contributed by atoms with Crippen molar-refractivity contribution in [3.8, 4) is 0 Å². The summed E-state index contributed by atoms with van der Waals surface area (Å²) >= 11 is 0. The summed E-state index contributed by atoms with van der Waals surface area (Å²) in [5.41, 5.74) is 6.72. The number of primary amides is 1. The molecule has 6 nitrogen and oxygen atoms in total. The summed E-state index contributed by atoms with van der Waals surface area (Å²) in [5, 5.41) is 0. The number of hydrogen-bond donors (Lipinski definition) is 1. The van der Waals surface area contributed by atoms with Crippen LogP contribution in [0.3, 0.4) is 0 Å². The van der Waals surface area contributed by atoms with Crippen molar-refractivity contribution in [2.75, 3.05) is 39.9 Å². The van der Waals surface area contributed by atoms with Crippen molar-refractivity contribution in [2.24, 2.45) is 5.73 Å². The van der Waals surface area contributed by atoms with Crippen molar-refractivity contribution < 1.29 is 14.3 Å². The van der Waals surface area contributed by atoms with E-state index in [4.69, 9.17) is 10.5 Å². The highest BCUT2D eigenvalue weighted by atomic mass is 16.5. The first kappa shape index (κ1) is 16.5. The van der Waals surface area contributed by atoms with Crippen molar-refractivity contribution in [3.05, 3.63) is 35.9 Å². The molecule has 120 valence electrons. The fourth-order valence-corrected chi connectivity index (χ4v) is 2.72. The lowest BCUT2D eigenvalue weighted by Crippen LogP contribution is -2.60. The number of amides is 2. The third kappa shape index (κ3) is 4.29. The Kier molecular flexibility index (Phi) is 5.91. The molecule has 0 saturated carbocycles. The number of rotatable bonds is 6. The van der Waals surface area contributed by atoms with Crippen molar-refractivity contribution in [1.82, 2.24) is 9.80 Å². The van der Waals surface area contributed by atoms with Crippen LogP contribution in [0.25, 0.3) is 0 Å². The Morgan fingerprint density at radius 3 is 2.64 bits per heavy atom. The number of hydrogen-bond acceptors (Lipinski definition) is 4. The molecule has 1 aliphatic heterocycles. The molecule has 0 aromatic heterocycles. The van der Waals surface area contributed by atoms with E-state index in [-0.39, 0.29) is 12.5 Å². The number of nitrogens with zero attached hydrogens (tertiary/aromatic N) is 2. The SMILES string of the molecule is COCC(=O)N1CCN(CCc2ccccc2)C[C@@H]1C(N)=O. The summed E-state index contributed by atoms with van der Waals surface area (Å²) in [6.45, 7) is 2.56. The van der Waals surface area contributed by atoms with Crippen LogP contribution in [0.4, 0.5) is 0 Å². The molecule has 2 amide bonds. The zero-order chi connectivity index (χ0) is 15.9. The summed E-state index contributed by atoms with van der Waals surface area (Å²) in [6, 6.07) is 9.62. The zero-order valence-corrected chi connectivity index (χ0v) is 12.9. The maximum Gasteiger partial charge on any atom is 0.249 e. The zero-order valence-electron chi connectivity index (χ0n) is 12.9. The molecule has 2 rings (SSSR count). The first-order valence-corrected chi connectivity index (χ1v) is 7.46. The summed E-state index contributed by atoms with van der Waals surface area (Å²) in [7, 11) is 1.47. The van der Waals surface area contributed by atoms with Crippen LogP contribution in [0.2, 0.25) is 0 Å². The smallest absolute Gasteiger partial charge is 0.249 e. The molecule has 0 unspecified atom stereocenters. The Morgan fingerprint density at radius 1 is 1.27 bits per heavy atom. The maximum atomic E-state index is 12.0. The molecule has 0 radical (unpaired) electrons. The number of ether oxygens (including phenoxy) is 1. The minimum Gasteiger partial charge on any atom is -0.375 e. The van der Waals surface area contributed by atoms with Gasteiger partial charge in [0.2, 0.25) is 11.8 Å². The van der Waals surface area contributed by atoms with Crippen molar-refractivity contribution in [3.63, 3.8) is 0 Å². The molecule has 0 aliphatic carbocycles. The van der Waals surface area contributed by atoms with Crippen LogP contribution in [0.1, 0.15) is 5.56 Å². The van der Waals surface area contributed by atoms with Gasteiger partial charge in [0.15, 0.2) is 0 Å². The van der Waals surface area contributed by atoms with Crippen LogP contribution in [0.5, 0.6) is 0 Å². The fraction of sp³-hybridized carbons (Fsp3) is 0.500. The largest absolute Gasteiger partial charge is 0.375 e. The van der Waals surface area contributed by atoms with Gasteiger partial charge in [-0.2, -0.15) is 0 Å². The van der Waals surface area contributed by atoms with Gasteiger partial charge in [0, 0.05) is 33.3 Å². The normalized spacial score (nSPS) is 19.1. The lowest BCUT2D eigenvalue weighted by molar-refractivity contribution is -0.145. The second-order valence-corrected chi connectivity index (χ2v) is 5.47. The number of piperazine rings is 1. The molecule has 1 atom stereocenters. The van der Waals surface area contributed by atoms with Crippen LogP contribution in [0, 0.1) is 0 Å². The Bertz CT molecular complexity index is 507. The highest BCUT2D eigenvalue weighted by molar-refractivity contribution is 5.87. The first-order valence-electron chi connectivity index (χ1n) is 7.46. The van der Waals surface area contributed by atoms with Gasteiger partial charge in [0.05, 0.1) is 0 Å². The molecule has 1 aromatic carbocycles. The van der Waals surface area contributed by atoms with E-state index in [9.17, 15) is 9.59 Å². The lowest BCUT2D eigenvalue weighted by Gasteiger charge is -2.39. The van der Waals surface area contributed by atoms with Gasteiger partial charge in [-0.05, 0) is 12.0 Å². The number of carbonyl (C=O) groups is 2. The summed E-state index contributed by atoms with van der Waals surface area (Å²) in [4.78, 5) is 27.3. The average molecular weight is 305 g/mol. The van der Waals surface area contributed by atoms with Crippen LogP contribution in [0.15, 0.2) is 30.3 Å². The van der Waals surface area contributed by atoms with Gasteiger partial charge in [-0.25, -0.2) is 0 Å². The predicted octanol–water partition coefficient (Wildman–Crippen LogP) is -0.126. The topological polar surface area (TPSA) is 75.9 Å². The average Bonchev–Trinajstić information content (AvgIpc) is 2.54. The molecule has 22 heavy (non-hydrogen) atoms. The lowest BCUT2D eigenvalue weighted by atomic mass is 10.1. The molecule has 1 saturated heterocycles. The van der Waals surface area contributed by atoms with Gasteiger partial charge < -0.3 is 15.4 Å². The van der Waals surface area contributed by atoms with Crippen molar-refractivity contribution >= 4 is 11.8 Å². The van der Waals surface area contributed by atoms with Crippen molar-refractivity contribution in [1.29, 1.82) is 0 Å². The molecule has 1 fully saturated rings. The maximum absolute atomic E-state index is 12.0. The van der Waals surface area contributed by atoms with E-state index in [0.29, 0.717) is 13.1 Å². The molecule has 6 heteroatoms. The summed E-state index contributed by atoms with van der Waals surface area (Å²) < 4.78 is 4.86. The molecule has 1 heterocycles. The number of carbonyl (C=O) groups excluding carboxylic acids is 2. The van der Waals surface area contributed by atoms with E-state index >= 15 is 0 Å². The van der Waals surface area contributed by atoms with Gasteiger partial charge in [-0.1, -0.05) is 30.3 Å². The fourth-order valence-electron chi connectivity index (χ4n) is 2.72. The minimum atomic E-state index is -0.577. The molecule has 1 aromatic rings. The molecular formula is C16H23N3O3. The number of benzene rings is 1. The minimum absolute atomic E-state index is 0.0200. The van der Waals surface area contributed by atoms with E-state index in [1.807, 2.05) is 18.2 Å². The molecule has 2 N–H and O–H groups in total. The van der Waals surface area contributed by atoms with Gasteiger partial charge in [0.25, 0.3) is 0 Å². The van der Waals surface area contributed by atoms with Gasteiger partial charge in [-0.3, -0.25) is 14.5 Å². The number of nitrogens with two attached hydrogens (primary N) is 1. The molecular weight excluding hydrogens is 282 g/mol. The second-order valence-electron chi connectivity index (χ2n) is 5.47. The standard InChI is InChI=1S/C16H23N3O3/c1-22-12-15(20)19-10-9-18(11-14(19)16(17)21)8-7-13-5-3-2-4-6-13/h2-6,14H,7-12H2,1H3,(H2,17,21)/t14-/m1/s1. The second kappa shape index (κ2) is 7.91. The van der Waals surface area contributed by atoms with E-state index < -0.39 is 11.9 Å². The van der Waals surface area contributed by atoms with Crippen molar-refractivity contribution in [2.45, 2.75) is 12.5 Å². The monoisotopic (exact) mass is 305 g/mol. The van der Waals surface area contributed by atoms with Gasteiger partial charge >= 0.3 is 0 Å². The Morgan fingerprint density at radius 2 is 2.00 bits per heavy atom. The van der Waals surface area contributed by atoms with Crippen LogP contribution in [-0.4, -0.2) is 67.6 Å². The molecule has 1 aliphatic rings. The first-order chi connectivity index (χ1) is 10.6. The Hall–Kier alpha value is -1.92. The summed E-state index contributed by atoms with van der Waals surface area (Å²) in [6.07, 6.45) is 0.915. The van der Waals surface area contributed by atoms with Gasteiger partial charge in [0.1, 0.15) is 12.6 Å². The van der Waals surface area contributed by atoms with Gasteiger partial charge in [-0.15, -0.1) is 0 Å².